The second-order valence-corrected chi connectivity index (χ2v) is 4.46. The van der Waals surface area contributed by atoms with Crippen LogP contribution in [-0.4, -0.2) is 55.0 Å². The van der Waals surface area contributed by atoms with Crippen molar-refractivity contribution in [1.82, 2.24) is 14.8 Å². The number of anilines is 1. The van der Waals surface area contributed by atoms with Gasteiger partial charge in [-0.2, -0.15) is 5.10 Å². The second-order valence-electron chi connectivity index (χ2n) is 4.46. The molecule has 5 N–H and O–H groups in total. The number of aromatic nitrogens is 3. The fourth-order valence-electron chi connectivity index (χ4n) is 2.23. The van der Waals surface area contributed by atoms with Crippen molar-refractivity contribution < 1.29 is 20.1 Å². The van der Waals surface area contributed by atoms with Gasteiger partial charge in [0.2, 0.25) is 0 Å². The van der Waals surface area contributed by atoms with E-state index < -0.39 is 24.5 Å². The van der Waals surface area contributed by atoms with E-state index in [1.54, 1.807) is 6.07 Å². The highest BCUT2D eigenvalue weighted by Crippen LogP contribution is 2.31. The van der Waals surface area contributed by atoms with Gasteiger partial charge in [0.15, 0.2) is 11.9 Å². The molecule has 0 radical (unpaired) electrons. The minimum Gasteiger partial charge on any atom is -0.398 e. The van der Waals surface area contributed by atoms with Gasteiger partial charge in [0.25, 0.3) is 0 Å². The topological polar surface area (TPSA) is 127 Å². The maximum absolute atomic E-state index is 9.95. The Bertz CT molecular complexity index is 601. The number of hydrogen-bond acceptors (Lipinski definition) is 7. The molecule has 8 heteroatoms. The van der Waals surface area contributed by atoms with E-state index in [2.05, 4.69) is 10.1 Å². The molecule has 0 spiro atoms. The van der Waals surface area contributed by atoms with Crippen LogP contribution < -0.4 is 5.73 Å². The first-order chi connectivity index (χ1) is 9.13. The first-order valence-corrected chi connectivity index (χ1v) is 5.83. The molecule has 1 fully saturated rings. The summed E-state index contributed by atoms with van der Waals surface area (Å²) in [7, 11) is 0. The molecule has 0 saturated carbocycles. The fraction of sp³-hybridized carbons (Fsp3) is 0.455. The van der Waals surface area contributed by atoms with Crippen LogP contribution in [0.5, 0.6) is 0 Å². The Balaban J connectivity index is 2.04. The SMILES string of the molecule is Nc1ccnc2c1cnn2C1O[C@H](CO)[C@@H](O)[C@@H]1O. The molecular weight excluding hydrogens is 252 g/mol. The zero-order valence-corrected chi connectivity index (χ0v) is 9.92. The molecule has 0 bridgehead atoms. The van der Waals surface area contributed by atoms with E-state index in [4.69, 9.17) is 15.6 Å². The lowest BCUT2D eigenvalue weighted by atomic mass is 10.1. The van der Waals surface area contributed by atoms with Gasteiger partial charge in [-0.3, -0.25) is 0 Å². The molecule has 1 unspecified atom stereocenters. The van der Waals surface area contributed by atoms with E-state index in [1.165, 1.54) is 17.1 Å². The Labute approximate surface area is 108 Å². The summed E-state index contributed by atoms with van der Waals surface area (Å²) >= 11 is 0. The Morgan fingerprint density at radius 1 is 1.37 bits per heavy atom. The minimum absolute atomic E-state index is 0.385. The number of nitrogens with two attached hydrogens (primary N) is 1. The molecule has 1 aliphatic rings. The zero-order valence-electron chi connectivity index (χ0n) is 9.92. The second kappa shape index (κ2) is 4.42. The lowest BCUT2D eigenvalue weighted by Crippen LogP contribution is -2.33. The van der Waals surface area contributed by atoms with Crippen LogP contribution in [-0.2, 0) is 4.74 Å². The molecule has 0 amide bonds. The van der Waals surface area contributed by atoms with Gasteiger partial charge in [0, 0.05) is 11.9 Å². The molecule has 2 aromatic heterocycles. The summed E-state index contributed by atoms with van der Waals surface area (Å²) in [5.41, 5.74) is 6.77. The highest BCUT2D eigenvalue weighted by Gasteiger charge is 2.44. The first-order valence-electron chi connectivity index (χ1n) is 5.83. The molecule has 0 aromatic carbocycles. The van der Waals surface area contributed by atoms with Crippen LogP contribution in [0, 0.1) is 0 Å². The molecule has 1 saturated heterocycles. The zero-order chi connectivity index (χ0) is 13.6. The molecule has 1 aliphatic heterocycles. The highest BCUT2D eigenvalue weighted by molar-refractivity contribution is 5.87. The molecule has 3 heterocycles. The quantitative estimate of drug-likeness (QED) is 0.528. The van der Waals surface area contributed by atoms with Crippen LogP contribution >= 0.6 is 0 Å². The van der Waals surface area contributed by atoms with Gasteiger partial charge < -0.3 is 25.8 Å². The van der Waals surface area contributed by atoms with E-state index in [1.807, 2.05) is 0 Å². The minimum atomic E-state index is -1.19. The van der Waals surface area contributed by atoms with Crippen LogP contribution in [0.4, 0.5) is 5.69 Å². The van der Waals surface area contributed by atoms with Gasteiger partial charge in [-0.05, 0) is 6.07 Å². The van der Waals surface area contributed by atoms with E-state index in [0.717, 1.165) is 0 Å². The molecule has 102 valence electrons. The summed E-state index contributed by atoms with van der Waals surface area (Å²) in [6.45, 7) is -0.385. The van der Waals surface area contributed by atoms with E-state index in [0.29, 0.717) is 16.7 Å². The number of hydrogen-bond donors (Lipinski definition) is 4. The number of aliphatic hydroxyl groups excluding tert-OH is 3. The lowest BCUT2D eigenvalue weighted by Gasteiger charge is -2.15. The Kier molecular flexibility index (Phi) is 2.86. The molecule has 8 nitrogen and oxygen atoms in total. The van der Waals surface area contributed by atoms with Crippen molar-refractivity contribution in [3.05, 3.63) is 18.5 Å². The van der Waals surface area contributed by atoms with E-state index >= 15 is 0 Å². The molecule has 0 aliphatic carbocycles. The van der Waals surface area contributed by atoms with Gasteiger partial charge in [0.05, 0.1) is 18.2 Å². The third-order valence-electron chi connectivity index (χ3n) is 3.29. The third-order valence-corrected chi connectivity index (χ3v) is 3.29. The standard InChI is InChI=1S/C11H14N4O4/c12-6-1-2-13-10-5(6)3-14-15(10)11-9(18)8(17)7(4-16)19-11/h1-3,7-9,11,16-18H,4H2,(H2,12,13)/t7-,8-,9+,11?/m1/s1. The normalized spacial score (nSPS) is 31.1. The van der Waals surface area contributed by atoms with Crippen LogP contribution in [0.3, 0.4) is 0 Å². The summed E-state index contributed by atoms with van der Waals surface area (Å²) < 4.78 is 6.75. The van der Waals surface area contributed by atoms with Crippen LogP contribution in [0.15, 0.2) is 18.5 Å². The number of ether oxygens (including phenoxy) is 1. The summed E-state index contributed by atoms with van der Waals surface area (Å²) in [6, 6.07) is 1.64. The van der Waals surface area contributed by atoms with Crippen LogP contribution in [0.25, 0.3) is 11.0 Å². The van der Waals surface area contributed by atoms with Crippen molar-refractivity contribution in [1.29, 1.82) is 0 Å². The van der Waals surface area contributed by atoms with Gasteiger partial charge in [-0.25, -0.2) is 9.67 Å². The van der Waals surface area contributed by atoms with Crippen molar-refractivity contribution in [3.8, 4) is 0 Å². The Morgan fingerprint density at radius 2 is 2.16 bits per heavy atom. The van der Waals surface area contributed by atoms with Gasteiger partial charge >= 0.3 is 0 Å². The summed E-state index contributed by atoms with van der Waals surface area (Å²) in [4.78, 5) is 4.14. The van der Waals surface area contributed by atoms with Crippen molar-refractivity contribution in [3.63, 3.8) is 0 Å². The number of nitrogens with zero attached hydrogens (tertiary/aromatic N) is 3. The van der Waals surface area contributed by atoms with Gasteiger partial charge in [-0.1, -0.05) is 0 Å². The number of fused-ring (bicyclic) bond motifs is 1. The maximum atomic E-state index is 9.95. The fourth-order valence-corrected chi connectivity index (χ4v) is 2.23. The lowest BCUT2D eigenvalue weighted by molar-refractivity contribution is -0.0566. The Morgan fingerprint density at radius 3 is 2.84 bits per heavy atom. The monoisotopic (exact) mass is 266 g/mol. The van der Waals surface area contributed by atoms with Crippen molar-refractivity contribution >= 4 is 16.7 Å². The molecule has 2 aromatic rings. The van der Waals surface area contributed by atoms with Gasteiger partial charge in [-0.15, -0.1) is 0 Å². The van der Waals surface area contributed by atoms with Crippen LogP contribution in [0.1, 0.15) is 6.23 Å². The molecule has 4 atom stereocenters. The summed E-state index contributed by atoms with van der Waals surface area (Å²) in [5.74, 6) is 0. The number of aliphatic hydroxyl groups is 3. The molecular formula is C11H14N4O4. The van der Waals surface area contributed by atoms with Crippen molar-refractivity contribution in [2.75, 3.05) is 12.3 Å². The smallest absolute Gasteiger partial charge is 0.181 e. The predicted octanol–water partition coefficient (Wildman–Crippen LogP) is -1.38. The average Bonchev–Trinajstić information content (AvgIpc) is 2.94. The largest absolute Gasteiger partial charge is 0.398 e. The van der Waals surface area contributed by atoms with Crippen molar-refractivity contribution in [2.24, 2.45) is 0 Å². The number of rotatable bonds is 2. The van der Waals surface area contributed by atoms with E-state index in [-0.39, 0.29) is 6.61 Å². The van der Waals surface area contributed by atoms with Gasteiger partial charge in [0.1, 0.15) is 18.3 Å². The molecule has 19 heavy (non-hydrogen) atoms. The Hall–Kier alpha value is -1.74. The predicted molar refractivity (Wildman–Crippen MR) is 64.9 cm³/mol. The number of nitrogen functional groups attached to an aromatic ring is 1. The van der Waals surface area contributed by atoms with Crippen LogP contribution in [0.2, 0.25) is 0 Å². The summed E-state index contributed by atoms with van der Waals surface area (Å²) in [5, 5.41) is 33.5. The molecule has 3 rings (SSSR count). The number of pyridine rings is 1. The van der Waals surface area contributed by atoms with Crippen molar-refractivity contribution in [2.45, 2.75) is 24.5 Å². The average molecular weight is 266 g/mol. The third kappa shape index (κ3) is 1.77. The highest BCUT2D eigenvalue weighted by atomic mass is 16.6. The maximum Gasteiger partial charge on any atom is 0.181 e. The summed E-state index contributed by atoms with van der Waals surface area (Å²) in [6.07, 6.45) is -1.07. The first kappa shape index (κ1) is 12.3. The van der Waals surface area contributed by atoms with E-state index in [9.17, 15) is 10.2 Å².